The van der Waals surface area contributed by atoms with Gasteiger partial charge in [0.25, 0.3) is 11.5 Å². The fourth-order valence-corrected chi connectivity index (χ4v) is 3.73. The van der Waals surface area contributed by atoms with Crippen LogP contribution in [-0.4, -0.2) is 31.8 Å². The van der Waals surface area contributed by atoms with Crippen LogP contribution in [0.1, 0.15) is 15.9 Å². The zero-order valence-corrected chi connectivity index (χ0v) is 18.9. The quantitative estimate of drug-likeness (QED) is 0.413. The molecule has 0 aliphatic rings. The molecule has 0 bridgehead atoms. The Morgan fingerprint density at radius 3 is 2.63 bits per heavy atom. The van der Waals surface area contributed by atoms with Gasteiger partial charge in [0.1, 0.15) is 11.7 Å². The van der Waals surface area contributed by atoms with E-state index in [1.807, 2.05) is 36.4 Å². The highest BCUT2D eigenvalue weighted by Crippen LogP contribution is 2.13. The molecule has 1 amide bonds. The molecule has 0 atom stereocenters. The van der Waals surface area contributed by atoms with Crippen LogP contribution in [0.15, 0.2) is 74.8 Å². The highest BCUT2D eigenvalue weighted by atomic mass is 79.9. The lowest BCUT2D eigenvalue weighted by Gasteiger charge is -2.08. The van der Waals surface area contributed by atoms with Crippen molar-refractivity contribution in [2.75, 3.05) is 6.54 Å². The molecule has 0 unspecified atom stereocenters. The summed E-state index contributed by atoms with van der Waals surface area (Å²) in [6.45, 7) is 1.21. The van der Waals surface area contributed by atoms with E-state index in [0.29, 0.717) is 36.2 Å². The highest BCUT2D eigenvalue weighted by molar-refractivity contribution is 9.10. The summed E-state index contributed by atoms with van der Waals surface area (Å²) in [4.78, 5) is 29.5. The van der Waals surface area contributed by atoms with E-state index in [9.17, 15) is 9.59 Å². The van der Waals surface area contributed by atoms with Crippen LogP contribution in [0.2, 0.25) is 0 Å². The number of fused-ring (bicyclic) bond motifs is 1. The van der Waals surface area contributed by atoms with E-state index in [1.54, 1.807) is 21.4 Å². The molecule has 0 saturated carbocycles. The number of carbonyl (C=O) groups is 1. The van der Waals surface area contributed by atoms with Gasteiger partial charge in [0.2, 0.25) is 0 Å². The smallest absolute Gasteiger partial charge is 0.264 e. The van der Waals surface area contributed by atoms with Gasteiger partial charge in [-0.1, -0.05) is 50.1 Å². The van der Waals surface area contributed by atoms with Crippen molar-refractivity contribution in [3.63, 3.8) is 0 Å². The summed E-state index contributed by atoms with van der Waals surface area (Å²) in [5.74, 6) is -0.169. The van der Waals surface area contributed by atoms with Crippen LogP contribution < -0.4 is 10.9 Å². The van der Waals surface area contributed by atoms with Crippen LogP contribution in [-0.2, 0) is 13.1 Å². The summed E-state index contributed by atoms with van der Waals surface area (Å²) >= 11 is 6.76. The second kappa shape index (κ2) is 8.93. The molecular formula is C21H17Br2N5O2. The van der Waals surface area contributed by atoms with Crippen LogP contribution in [0.5, 0.6) is 0 Å². The van der Waals surface area contributed by atoms with Gasteiger partial charge in [-0.15, -0.1) is 0 Å². The summed E-state index contributed by atoms with van der Waals surface area (Å²) in [6, 6.07) is 15.0. The van der Waals surface area contributed by atoms with Crippen LogP contribution in [0.25, 0.3) is 11.0 Å². The molecule has 0 spiro atoms. The topological polar surface area (TPSA) is 81.8 Å². The average Bonchev–Trinajstić information content (AvgIpc) is 3.15. The van der Waals surface area contributed by atoms with Gasteiger partial charge >= 0.3 is 0 Å². The number of amides is 1. The monoisotopic (exact) mass is 529 g/mol. The molecule has 4 rings (SSSR count). The molecule has 2 aromatic heterocycles. The normalized spacial score (nSPS) is 11.0. The minimum absolute atomic E-state index is 0.146. The second-order valence-corrected chi connectivity index (χ2v) is 8.51. The minimum Gasteiger partial charge on any atom is -0.350 e. The standard InChI is InChI=1S/C21H17Br2N5O2/c22-16-6-4-14(5-7-16)12-27-13-25-19-18(21(27)30)11-26-28(19)9-8-24-20(29)15-2-1-3-17(23)10-15/h1-7,10-11,13H,8-9,12H2,(H,24,29). The van der Waals surface area contributed by atoms with E-state index in [-0.39, 0.29) is 11.5 Å². The van der Waals surface area contributed by atoms with Crippen molar-refractivity contribution in [1.29, 1.82) is 0 Å². The Bertz CT molecular complexity index is 1260. The maximum atomic E-state index is 12.8. The first-order valence-corrected chi connectivity index (χ1v) is 10.8. The summed E-state index contributed by atoms with van der Waals surface area (Å²) in [5, 5.41) is 7.58. The number of hydrogen-bond acceptors (Lipinski definition) is 4. The summed E-state index contributed by atoms with van der Waals surface area (Å²) in [5.41, 5.74) is 1.93. The molecular weight excluding hydrogens is 514 g/mol. The molecule has 0 saturated heterocycles. The molecule has 1 N–H and O–H groups in total. The Balaban J connectivity index is 1.45. The first-order valence-electron chi connectivity index (χ1n) is 9.20. The van der Waals surface area contributed by atoms with Gasteiger partial charge in [-0.3, -0.25) is 14.2 Å². The molecule has 0 fully saturated rings. The van der Waals surface area contributed by atoms with E-state index in [0.717, 1.165) is 14.5 Å². The maximum absolute atomic E-state index is 12.8. The Morgan fingerprint density at radius 1 is 1.07 bits per heavy atom. The molecule has 4 aromatic rings. The van der Waals surface area contributed by atoms with Gasteiger partial charge in [0.05, 0.1) is 19.3 Å². The lowest BCUT2D eigenvalue weighted by Crippen LogP contribution is -2.27. The van der Waals surface area contributed by atoms with E-state index >= 15 is 0 Å². The van der Waals surface area contributed by atoms with Crippen molar-refractivity contribution >= 4 is 48.8 Å². The fraction of sp³-hybridized carbons (Fsp3) is 0.143. The highest BCUT2D eigenvalue weighted by Gasteiger charge is 2.11. The Hall–Kier alpha value is -2.78. The van der Waals surface area contributed by atoms with Gasteiger partial charge in [-0.2, -0.15) is 5.10 Å². The number of halogens is 2. The van der Waals surface area contributed by atoms with Crippen LogP contribution in [0.4, 0.5) is 0 Å². The Morgan fingerprint density at radius 2 is 1.87 bits per heavy atom. The third-order valence-corrected chi connectivity index (χ3v) is 5.61. The Kier molecular flexibility index (Phi) is 6.10. The number of nitrogens with zero attached hydrogens (tertiary/aromatic N) is 4. The Labute approximate surface area is 189 Å². The largest absolute Gasteiger partial charge is 0.350 e. The second-order valence-electron chi connectivity index (χ2n) is 6.68. The van der Waals surface area contributed by atoms with Crippen LogP contribution >= 0.6 is 31.9 Å². The van der Waals surface area contributed by atoms with Crippen LogP contribution in [0.3, 0.4) is 0 Å². The van der Waals surface area contributed by atoms with Crippen molar-refractivity contribution in [3.05, 3.63) is 91.5 Å². The number of aromatic nitrogens is 4. The van der Waals surface area contributed by atoms with Crippen molar-refractivity contribution in [3.8, 4) is 0 Å². The molecule has 7 nitrogen and oxygen atoms in total. The molecule has 9 heteroatoms. The van der Waals surface area contributed by atoms with E-state index in [1.165, 1.54) is 12.5 Å². The minimum atomic E-state index is -0.169. The molecule has 2 heterocycles. The van der Waals surface area contributed by atoms with Crippen molar-refractivity contribution in [2.45, 2.75) is 13.1 Å². The summed E-state index contributed by atoms with van der Waals surface area (Å²) in [7, 11) is 0. The number of benzene rings is 2. The lowest BCUT2D eigenvalue weighted by molar-refractivity contribution is 0.0952. The summed E-state index contributed by atoms with van der Waals surface area (Å²) in [6.07, 6.45) is 3.06. The third-order valence-electron chi connectivity index (χ3n) is 4.58. The third kappa shape index (κ3) is 4.52. The number of nitrogens with one attached hydrogen (secondary N) is 1. The first-order chi connectivity index (χ1) is 14.5. The maximum Gasteiger partial charge on any atom is 0.264 e. The zero-order valence-electron chi connectivity index (χ0n) is 15.8. The predicted octanol–water partition coefficient (Wildman–Crippen LogP) is 3.60. The molecule has 0 aliphatic carbocycles. The van der Waals surface area contributed by atoms with Gasteiger partial charge in [-0.25, -0.2) is 9.67 Å². The predicted molar refractivity (Wildman–Crippen MR) is 122 cm³/mol. The molecule has 152 valence electrons. The molecule has 30 heavy (non-hydrogen) atoms. The lowest BCUT2D eigenvalue weighted by atomic mass is 10.2. The zero-order chi connectivity index (χ0) is 21.1. The van der Waals surface area contributed by atoms with E-state index in [2.05, 4.69) is 47.3 Å². The molecule has 0 aliphatic heterocycles. The van der Waals surface area contributed by atoms with E-state index in [4.69, 9.17) is 0 Å². The van der Waals surface area contributed by atoms with Gasteiger partial charge < -0.3 is 5.32 Å². The molecule has 2 aromatic carbocycles. The van der Waals surface area contributed by atoms with Crippen LogP contribution in [0, 0.1) is 0 Å². The number of hydrogen-bond donors (Lipinski definition) is 1. The van der Waals surface area contributed by atoms with Crippen molar-refractivity contribution in [2.24, 2.45) is 0 Å². The fourth-order valence-electron chi connectivity index (χ4n) is 3.07. The van der Waals surface area contributed by atoms with Crippen molar-refractivity contribution in [1.82, 2.24) is 24.6 Å². The van der Waals surface area contributed by atoms with Gasteiger partial charge in [-0.05, 0) is 35.9 Å². The SMILES string of the molecule is O=C(NCCn1ncc2c(=O)n(Cc3ccc(Br)cc3)cnc21)c1cccc(Br)c1. The first kappa shape index (κ1) is 20.5. The molecule has 0 radical (unpaired) electrons. The summed E-state index contributed by atoms with van der Waals surface area (Å²) < 4.78 is 5.02. The van der Waals surface area contributed by atoms with Crippen molar-refractivity contribution < 1.29 is 4.79 Å². The van der Waals surface area contributed by atoms with E-state index < -0.39 is 0 Å². The average molecular weight is 531 g/mol. The van der Waals surface area contributed by atoms with Gasteiger partial charge in [0, 0.05) is 21.1 Å². The van der Waals surface area contributed by atoms with Gasteiger partial charge in [0.15, 0.2) is 5.65 Å². The number of rotatable bonds is 6. The number of carbonyl (C=O) groups excluding carboxylic acids is 1.